The standard InChI is InChI=1S/C21H21NO7S/c1-14(23)29-19(20(25)26)18(17(24)13-30-16-10-6-3-7-11-16)22-21(27)28-12-15-8-4-2-5-9-15/h2-11,18-19H,12-13H2,1H3,(H,22,27)(H,25,26). The smallest absolute Gasteiger partial charge is 0.408 e. The molecule has 158 valence electrons. The van der Waals surface area contributed by atoms with E-state index in [1.807, 2.05) is 6.07 Å². The molecule has 0 spiro atoms. The van der Waals surface area contributed by atoms with Gasteiger partial charge in [-0.2, -0.15) is 0 Å². The monoisotopic (exact) mass is 431 g/mol. The number of amides is 1. The molecule has 0 fully saturated rings. The first-order valence-corrected chi connectivity index (χ1v) is 9.93. The fourth-order valence-electron chi connectivity index (χ4n) is 2.42. The predicted molar refractivity (Wildman–Crippen MR) is 109 cm³/mol. The summed E-state index contributed by atoms with van der Waals surface area (Å²) in [5.41, 5.74) is 0.713. The van der Waals surface area contributed by atoms with E-state index in [0.29, 0.717) is 5.56 Å². The number of thioether (sulfide) groups is 1. The minimum absolute atomic E-state index is 0.0718. The van der Waals surface area contributed by atoms with Crippen molar-refractivity contribution in [2.75, 3.05) is 5.75 Å². The maximum Gasteiger partial charge on any atom is 0.408 e. The fourth-order valence-corrected chi connectivity index (χ4v) is 3.26. The summed E-state index contributed by atoms with van der Waals surface area (Å²) in [5, 5.41) is 11.6. The van der Waals surface area contributed by atoms with Crippen LogP contribution in [0.3, 0.4) is 0 Å². The Balaban J connectivity index is 2.08. The summed E-state index contributed by atoms with van der Waals surface area (Å²) in [7, 11) is 0. The number of nitrogens with one attached hydrogen (secondary N) is 1. The molecule has 0 radical (unpaired) electrons. The van der Waals surface area contributed by atoms with Crippen LogP contribution in [0.25, 0.3) is 0 Å². The van der Waals surface area contributed by atoms with Crippen molar-refractivity contribution in [1.29, 1.82) is 0 Å². The van der Waals surface area contributed by atoms with Crippen molar-refractivity contribution < 1.29 is 33.8 Å². The minimum atomic E-state index is -1.88. The maximum atomic E-state index is 12.7. The first-order valence-electron chi connectivity index (χ1n) is 8.94. The zero-order valence-corrected chi connectivity index (χ0v) is 17.0. The molecular weight excluding hydrogens is 410 g/mol. The number of benzene rings is 2. The van der Waals surface area contributed by atoms with Crippen LogP contribution in [0.5, 0.6) is 0 Å². The van der Waals surface area contributed by atoms with Gasteiger partial charge in [0.25, 0.3) is 0 Å². The Bertz CT molecular complexity index is 873. The van der Waals surface area contributed by atoms with Gasteiger partial charge >= 0.3 is 18.0 Å². The highest BCUT2D eigenvalue weighted by molar-refractivity contribution is 8.00. The average Bonchev–Trinajstić information content (AvgIpc) is 2.74. The van der Waals surface area contributed by atoms with Crippen molar-refractivity contribution in [2.24, 2.45) is 0 Å². The molecule has 0 aliphatic rings. The van der Waals surface area contributed by atoms with Gasteiger partial charge in [-0.1, -0.05) is 48.5 Å². The van der Waals surface area contributed by atoms with Gasteiger partial charge in [0.05, 0.1) is 5.75 Å². The van der Waals surface area contributed by atoms with Crippen LogP contribution in [0.2, 0.25) is 0 Å². The van der Waals surface area contributed by atoms with Crippen molar-refractivity contribution in [3.8, 4) is 0 Å². The molecule has 30 heavy (non-hydrogen) atoms. The van der Waals surface area contributed by atoms with E-state index in [0.717, 1.165) is 11.8 Å². The fraction of sp³-hybridized carbons (Fsp3) is 0.238. The summed E-state index contributed by atoms with van der Waals surface area (Å²) in [6.07, 6.45) is -2.88. The predicted octanol–water partition coefficient (Wildman–Crippen LogP) is 2.66. The second kappa shape index (κ2) is 11.6. The number of carbonyl (C=O) groups excluding carboxylic acids is 3. The van der Waals surface area contributed by atoms with Gasteiger partial charge in [-0.25, -0.2) is 9.59 Å². The van der Waals surface area contributed by atoms with Crippen molar-refractivity contribution in [3.05, 3.63) is 66.2 Å². The molecule has 2 aromatic carbocycles. The number of esters is 1. The van der Waals surface area contributed by atoms with Gasteiger partial charge < -0.3 is 19.9 Å². The van der Waals surface area contributed by atoms with Crippen LogP contribution < -0.4 is 5.32 Å². The molecule has 2 N–H and O–H groups in total. The lowest BCUT2D eigenvalue weighted by molar-refractivity contribution is -0.165. The maximum absolute atomic E-state index is 12.7. The van der Waals surface area contributed by atoms with E-state index in [9.17, 15) is 24.3 Å². The van der Waals surface area contributed by atoms with Crippen LogP contribution in [0, 0.1) is 0 Å². The molecule has 2 atom stereocenters. The topological polar surface area (TPSA) is 119 Å². The molecule has 2 unspecified atom stereocenters. The highest BCUT2D eigenvalue weighted by Gasteiger charge is 2.38. The Morgan fingerprint density at radius 3 is 2.17 bits per heavy atom. The molecule has 8 nitrogen and oxygen atoms in total. The van der Waals surface area contributed by atoms with E-state index in [1.165, 1.54) is 11.8 Å². The minimum Gasteiger partial charge on any atom is -0.478 e. The number of alkyl carbamates (subject to hydrolysis) is 1. The summed E-state index contributed by atoms with van der Waals surface area (Å²) < 4.78 is 9.84. The van der Waals surface area contributed by atoms with Crippen LogP contribution >= 0.6 is 11.8 Å². The Hall–Kier alpha value is -3.33. The summed E-state index contributed by atoms with van der Waals surface area (Å²) in [5.74, 6) is -3.22. The molecule has 9 heteroatoms. The third-order valence-corrected chi connectivity index (χ3v) is 4.83. The molecule has 0 bridgehead atoms. The number of rotatable bonds is 10. The van der Waals surface area contributed by atoms with Crippen LogP contribution in [0.15, 0.2) is 65.6 Å². The average molecular weight is 431 g/mol. The van der Waals surface area contributed by atoms with Gasteiger partial charge in [-0.05, 0) is 17.7 Å². The summed E-state index contributed by atoms with van der Waals surface area (Å²) in [4.78, 5) is 48.6. The number of carboxylic acids is 1. The third kappa shape index (κ3) is 7.59. The summed E-state index contributed by atoms with van der Waals surface area (Å²) >= 11 is 1.17. The lowest BCUT2D eigenvalue weighted by Gasteiger charge is -2.23. The lowest BCUT2D eigenvalue weighted by atomic mass is 10.1. The highest BCUT2D eigenvalue weighted by Crippen LogP contribution is 2.18. The van der Waals surface area contributed by atoms with E-state index < -0.39 is 36.0 Å². The first-order chi connectivity index (χ1) is 14.4. The second-order valence-electron chi connectivity index (χ2n) is 6.12. The van der Waals surface area contributed by atoms with Gasteiger partial charge in [-0.3, -0.25) is 9.59 Å². The van der Waals surface area contributed by atoms with Crippen LogP contribution in [-0.4, -0.2) is 46.8 Å². The van der Waals surface area contributed by atoms with Crippen molar-refractivity contribution in [1.82, 2.24) is 5.32 Å². The molecule has 0 aliphatic heterocycles. The van der Waals surface area contributed by atoms with Gasteiger partial charge in [-0.15, -0.1) is 11.8 Å². The van der Waals surface area contributed by atoms with Crippen molar-refractivity contribution in [2.45, 2.75) is 30.6 Å². The van der Waals surface area contributed by atoms with Gasteiger partial charge in [0, 0.05) is 11.8 Å². The Morgan fingerprint density at radius 1 is 1.00 bits per heavy atom. The number of hydrogen-bond acceptors (Lipinski definition) is 7. The molecule has 0 heterocycles. The van der Waals surface area contributed by atoms with E-state index in [2.05, 4.69) is 5.32 Å². The zero-order chi connectivity index (χ0) is 21.9. The molecule has 0 saturated heterocycles. The highest BCUT2D eigenvalue weighted by atomic mass is 32.2. The van der Waals surface area contributed by atoms with Gasteiger partial charge in [0.2, 0.25) is 6.10 Å². The molecule has 2 aromatic rings. The van der Waals surface area contributed by atoms with Crippen LogP contribution in [0.4, 0.5) is 4.79 Å². The third-order valence-electron chi connectivity index (χ3n) is 3.80. The van der Waals surface area contributed by atoms with E-state index in [4.69, 9.17) is 9.47 Å². The summed E-state index contributed by atoms with van der Waals surface area (Å²) in [6.45, 7) is 0.946. The Morgan fingerprint density at radius 2 is 1.60 bits per heavy atom. The summed E-state index contributed by atoms with van der Waals surface area (Å²) in [6, 6.07) is 16.2. The molecule has 1 amide bonds. The van der Waals surface area contributed by atoms with Gasteiger partial charge in [0.15, 0.2) is 5.78 Å². The van der Waals surface area contributed by atoms with Gasteiger partial charge in [0.1, 0.15) is 12.6 Å². The number of ether oxygens (including phenoxy) is 2. The van der Waals surface area contributed by atoms with Crippen molar-refractivity contribution >= 4 is 35.6 Å². The molecule has 0 saturated carbocycles. The van der Waals surface area contributed by atoms with Crippen LogP contribution in [-0.2, 0) is 30.5 Å². The molecule has 0 aromatic heterocycles. The van der Waals surface area contributed by atoms with Crippen LogP contribution in [0.1, 0.15) is 12.5 Å². The SMILES string of the molecule is CC(=O)OC(C(=O)O)C(NC(=O)OCc1ccccc1)C(=O)CSc1ccccc1. The normalized spacial score (nSPS) is 12.3. The van der Waals surface area contributed by atoms with E-state index in [1.54, 1.807) is 54.6 Å². The van der Waals surface area contributed by atoms with E-state index in [-0.39, 0.29) is 12.4 Å². The second-order valence-corrected chi connectivity index (χ2v) is 7.17. The Labute approximate surface area is 177 Å². The number of ketones is 1. The number of carbonyl (C=O) groups is 4. The molecule has 0 aliphatic carbocycles. The molecular formula is C21H21NO7S. The van der Waals surface area contributed by atoms with Crippen molar-refractivity contribution in [3.63, 3.8) is 0 Å². The molecule has 2 rings (SSSR count). The number of Topliss-reactive ketones (excluding diaryl/α,β-unsaturated/α-hetero) is 1. The van der Waals surface area contributed by atoms with E-state index >= 15 is 0 Å². The zero-order valence-electron chi connectivity index (χ0n) is 16.1. The largest absolute Gasteiger partial charge is 0.478 e. The number of carboxylic acid groups (broad SMARTS) is 1. The Kier molecular flexibility index (Phi) is 8.89. The lowest BCUT2D eigenvalue weighted by Crippen LogP contribution is -2.54. The quantitative estimate of drug-likeness (QED) is 0.435. The number of hydrogen-bond donors (Lipinski definition) is 2. The first kappa shape index (κ1) is 23.0. The number of aliphatic carboxylic acids is 1.